The molecule has 2 amide bonds. The molecule has 0 radical (unpaired) electrons. The van der Waals surface area contributed by atoms with Crippen LogP contribution in [0.15, 0.2) is 16.8 Å². The van der Waals surface area contributed by atoms with Crippen LogP contribution in [0.1, 0.15) is 18.5 Å². The van der Waals surface area contributed by atoms with Crippen molar-refractivity contribution in [2.75, 3.05) is 53.5 Å². The quantitative estimate of drug-likeness (QED) is 0.787. The van der Waals surface area contributed by atoms with Gasteiger partial charge in [0.05, 0.1) is 19.3 Å². The summed E-state index contributed by atoms with van der Waals surface area (Å²) in [5, 5.41) is 10.2. The Morgan fingerprint density at radius 1 is 1.43 bits per heavy atom. The summed E-state index contributed by atoms with van der Waals surface area (Å²) in [6.45, 7) is 6.94. The molecule has 2 rings (SSSR count). The van der Waals surface area contributed by atoms with Gasteiger partial charge < -0.3 is 20.3 Å². The standard InChI is InChI=1S/C16H28N4O2S/c1-13(11-20-5-7-22-8-6-20)18-16(21)17-10-15(19(2)3)14-4-9-23-12-14/h4,9,12-13,15H,5-8,10-11H2,1-3H3,(H2,17,18,21). The van der Waals surface area contributed by atoms with Crippen LogP contribution in [0.5, 0.6) is 0 Å². The zero-order valence-electron chi connectivity index (χ0n) is 14.2. The van der Waals surface area contributed by atoms with Crippen LogP contribution in [-0.2, 0) is 4.74 Å². The molecule has 2 heterocycles. The second kappa shape index (κ2) is 9.22. The normalized spacial score (nSPS) is 18.6. The number of hydrogen-bond acceptors (Lipinski definition) is 5. The number of rotatable bonds is 7. The minimum absolute atomic E-state index is 0.104. The van der Waals surface area contributed by atoms with Gasteiger partial charge in [-0.25, -0.2) is 4.79 Å². The van der Waals surface area contributed by atoms with Crippen molar-refractivity contribution >= 4 is 17.4 Å². The van der Waals surface area contributed by atoms with E-state index in [1.807, 2.05) is 21.0 Å². The fraction of sp³-hybridized carbons (Fsp3) is 0.688. The molecule has 1 aromatic rings. The third-order valence-corrected chi connectivity index (χ3v) is 4.72. The molecule has 0 aromatic carbocycles. The first-order chi connectivity index (χ1) is 11.1. The smallest absolute Gasteiger partial charge is 0.315 e. The number of nitrogens with zero attached hydrogens (tertiary/aromatic N) is 2. The van der Waals surface area contributed by atoms with Gasteiger partial charge in [0.25, 0.3) is 0 Å². The maximum Gasteiger partial charge on any atom is 0.315 e. The fourth-order valence-corrected chi connectivity index (χ4v) is 3.45. The van der Waals surface area contributed by atoms with E-state index in [-0.39, 0.29) is 18.1 Å². The van der Waals surface area contributed by atoms with E-state index in [0.717, 1.165) is 32.8 Å². The summed E-state index contributed by atoms with van der Waals surface area (Å²) in [4.78, 5) is 16.6. The van der Waals surface area contributed by atoms with E-state index in [4.69, 9.17) is 4.74 Å². The van der Waals surface area contributed by atoms with Crippen molar-refractivity contribution in [3.8, 4) is 0 Å². The van der Waals surface area contributed by atoms with Gasteiger partial charge in [-0.1, -0.05) is 0 Å². The molecular weight excluding hydrogens is 312 g/mol. The summed E-state index contributed by atoms with van der Waals surface area (Å²) >= 11 is 1.68. The second-order valence-electron chi connectivity index (χ2n) is 6.20. The highest BCUT2D eigenvalue weighted by Gasteiger charge is 2.18. The largest absolute Gasteiger partial charge is 0.379 e. The van der Waals surface area contributed by atoms with E-state index < -0.39 is 0 Å². The Labute approximate surface area is 142 Å². The Balaban J connectivity index is 1.72. The van der Waals surface area contributed by atoms with Gasteiger partial charge in [0, 0.05) is 32.2 Å². The predicted molar refractivity (Wildman–Crippen MR) is 94.0 cm³/mol. The summed E-state index contributed by atoms with van der Waals surface area (Å²) in [7, 11) is 4.06. The summed E-state index contributed by atoms with van der Waals surface area (Å²) in [6.07, 6.45) is 0. The molecule has 2 N–H and O–H groups in total. The van der Waals surface area contributed by atoms with Crippen molar-refractivity contribution in [2.24, 2.45) is 0 Å². The Bertz CT molecular complexity index is 461. The highest BCUT2D eigenvalue weighted by atomic mass is 32.1. The van der Waals surface area contributed by atoms with Gasteiger partial charge in [-0.3, -0.25) is 4.90 Å². The fourth-order valence-electron chi connectivity index (χ4n) is 2.74. The molecule has 2 unspecified atom stereocenters. The topological polar surface area (TPSA) is 56.8 Å². The van der Waals surface area contributed by atoms with E-state index >= 15 is 0 Å². The number of hydrogen-bond donors (Lipinski definition) is 2. The molecule has 0 bridgehead atoms. The number of urea groups is 1. The number of amides is 2. The van der Waals surface area contributed by atoms with E-state index in [0.29, 0.717) is 6.54 Å². The van der Waals surface area contributed by atoms with Crippen molar-refractivity contribution < 1.29 is 9.53 Å². The third-order valence-electron chi connectivity index (χ3n) is 4.02. The molecule has 1 saturated heterocycles. The molecule has 23 heavy (non-hydrogen) atoms. The van der Waals surface area contributed by atoms with Gasteiger partial charge in [0.1, 0.15) is 0 Å². The molecule has 1 aromatic heterocycles. The van der Waals surface area contributed by atoms with Gasteiger partial charge in [0.15, 0.2) is 0 Å². The molecule has 2 atom stereocenters. The third kappa shape index (κ3) is 6.10. The number of thiophene rings is 1. The van der Waals surface area contributed by atoms with Gasteiger partial charge in [-0.05, 0) is 43.4 Å². The maximum absolute atomic E-state index is 12.1. The molecule has 0 saturated carbocycles. The minimum Gasteiger partial charge on any atom is -0.379 e. The average Bonchev–Trinajstić information content (AvgIpc) is 3.02. The monoisotopic (exact) mass is 340 g/mol. The first kappa shape index (κ1) is 18.2. The second-order valence-corrected chi connectivity index (χ2v) is 6.98. The molecule has 130 valence electrons. The molecule has 7 heteroatoms. The van der Waals surface area contributed by atoms with Crippen LogP contribution >= 0.6 is 11.3 Å². The Hall–Kier alpha value is -1.15. The lowest BCUT2D eigenvalue weighted by Crippen LogP contribution is -2.49. The van der Waals surface area contributed by atoms with E-state index in [9.17, 15) is 4.79 Å². The lowest BCUT2D eigenvalue weighted by molar-refractivity contribution is 0.0349. The van der Waals surface area contributed by atoms with Crippen LogP contribution in [-0.4, -0.2) is 75.4 Å². The zero-order chi connectivity index (χ0) is 16.7. The van der Waals surface area contributed by atoms with E-state index in [1.165, 1.54) is 5.56 Å². The first-order valence-corrected chi connectivity index (χ1v) is 9.03. The number of morpholine rings is 1. The van der Waals surface area contributed by atoms with Gasteiger partial charge in [-0.2, -0.15) is 11.3 Å². The SMILES string of the molecule is CC(CN1CCOCC1)NC(=O)NCC(c1ccsc1)N(C)C. The van der Waals surface area contributed by atoms with Crippen molar-refractivity contribution in [3.05, 3.63) is 22.4 Å². The number of carbonyl (C=O) groups is 1. The van der Waals surface area contributed by atoms with Gasteiger partial charge in [0.2, 0.25) is 0 Å². The summed E-state index contributed by atoms with van der Waals surface area (Å²) < 4.78 is 5.34. The van der Waals surface area contributed by atoms with E-state index in [2.05, 4.69) is 37.3 Å². The van der Waals surface area contributed by atoms with Crippen molar-refractivity contribution in [1.29, 1.82) is 0 Å². The summed E-state index contributed by atoms with van der Waals surface area (Å²) in [5.74, 6) is 0. The Morgan fingerprint density at radius 3 is 2.78 bits per heavy atom. The van der Waals surface area contributed by atoms with E-state index in [1.54, 1.807) is 11.3 Å². The van der Waals surface area contributed by atoms with Gasteiger partial charge in [-0.15, -0.1) is 0 Å². The summed E-state index contributed by atoms with van der Waals surface area (Å²) in [6, 6.07) is 2.32. The zero-order valence-corrected chi connectivity index (χ0v) is 15.1. The number of carbonyl (C=O) groups excluding carboxylic acids is 1. The van der Waals surface area contributed by atoms with Crippen LogP contribution in [0.25, 0.3) is 0 Å². The molecule has 1 aliphatic rings. The maximum atomic E-state index is 12.1. The molecule has 0 spiro atoms. The summed E-state index contributed by atoms with van der Waals surface area (Å²) in [5.41, 5.74) is 1.24. The van der Waals surface area contributed by atoms with Crippen molar-refractivity contribution in [1.82, 2.24) is 20.4 Å². The lowest BCUT2D eigenvalue weighted by atomic mass is 10.1. The highest BCUT2D eigenvalue weighted by molar-refractivity contribution is 7.07. The number of nitrogens with one attached hydrogen (secondary N) is 2. The van der Waals surface area contributed by atoms with Crippen LogP contribution in [0, 0.1) is 0 Å². The molecular formula is C16H28N4O2S. The Kier molecular flexibility index (Phi) is 7.29. The van der Waals surface area contributed by atoms with Gasteiger partial charge >= 0.3 is 6.03 Å². The van der Waals surface area contributed by atoms with Crippen molar-refractivity contribution in [2.45, 2.75) is 19.0 Å². The van der Waals surface area contributed by atoms with Crippen LogP contribution in [0.3, 0.4) is 0 Å². The Morgan fingerprint density at radius 2 is 2.17 bits per heavy atom. The highest BCUT2D eigenvalue weighted by Crippen LogP contribution is 2.19. The van der Waals surface area contributed by atoms with Crippen LogP contribution in [0.2, 0.25) is 0 Å². The minimum atomic E-state index is -0.104. The molecule has 1 aliphatic heterocycles. The van der Waals surface area contributed by atoms with Crippen LogP contribution < -0.4 is 10.6 Å². The number of ether oxygens (including phenoxy) is 1. The molecule has 0 aliphatic carbocycles. The first-order valence-electron chi connectivity index (χ1n) is 8.09. The molecule has 6 nitrogen and oxygen atoms in total. The van der Waals surface area contributed by atoms with Crippen molar-refractivity contribution in [3.63, 3.8) is 0 Å². The number of likely N-dealkylation sites (N-methyl/N-ethyl adjacent to an activating group) is 1. The molecule has 1 fully saturated rings. The average molecular weight is 340 g/mol. The predicted octanol–water partition coefficient (Wildman–Crippen LogP) is 1.37. The lowest BCUT2D eigenvalue weighted by Gasteiger charge is -2.29. The van der Waals surface area contributed by atoms with Crippen LogP contribution in [0.4, 0.5) is 4.79 Å².